The van der Waals surface area contributed by atoms with Gasteiger partial charge in [-0.1, -0.05) is 6.42 Å². The van der Waals surface area contributed by atoms with E-state index in [1.807, 2.05) is 0 Å². The van der Waals surface area contributed by atoms with Crippen molar-refractivity contribution in [3.05, 3.63) is 0 Å². The molecule has 1 aliphatic rings. The fourth-order valence-electron chi connectivity index (χ4n) is 1.91. The van der Waals surface area contributed by atoms with Crippen LogP contribution in [0.4, 0.5) is 0 Å². The molecule has 0 saturated heterocycles. The lowest BCUT2D eigenvalue weighted by Crippen LogP contribution is -2.36. The molecule has 0 aromatic rings. The first-order valence-electron chi connectivity index (χ1n) is 4.98. The number of rotatable bonds is 5. The van der Waals surface area contributed by atoms with Gasteiger partial charge in [0.1, 0.15) is 0 Å². The van der Waals surface area contributed by atoms with Crippen molar-refractivity contribution in [3.63, 3.8) is 0 Å². The van der Waals surface area contributed by atoms with Crippen LogP contribution in [-0.2, 0) is 14.4 Å². The SMILES string of the molecule is NCC1CCCC1C(=O)NOCC(=O)O. The summed E-state index contributed by atoms with van der Waals surface area (Å²) in [5.74, 6) is -1.32. The van der Waals surface area contributed by atoms with Gasteiger partial charge in [0.2, 0.25) is 5.91 Å². The van der Waals surface area contributed by atoms with Gasteiger partial charge in [-0.3, -0.25) is 9.63 Å². The lowest BCUT2D eigenvalue weighted by atomic mass is 9.96. The van der Waals surface area contributed by atoms with E-state index in [0.717, 1.165) is 19.3 Å². The van der Waals surface area contributed by atoms with Gasteiger partial charge in [-0.2, -0.15) is 0 Å². The Hall–Kier alpha value is -1.14. The molecule has 0 aromatic heterocycles. The van der Waals surface area contributed by atoms with Crippen molar-refractivity contribution in [1.29, 1.82) is 0 Å². The van der Waals surface area contributed by atoms with Crippen molar-refractivity contribution in [2.24, 2.45) is 17.6 Å². The van der Waals surface area contributed by atoms with Crippen LogP contribution in [0.25, 0.3) is 0 Å². The second kappa shape index (κ2) is 5.67. The molecule has 1 aliphatic carbocycles. The summed E-state index contributed by atoms with van der Waals surface area (Å²) >= 11 is 0. The maximum absolute atomic E-state index is 11.5. The molecule has 0 heterocycles. The van der Waals surface area contributed by atoms with Gasteiger partial charge in [0.15, 0.2) is 6.61 Å². The second-order valence-corrected chi connectivity index (χ2v) is 3.68. The number of carboxylic acid groups (broad SMARTS) is 1. The van der Waals surface area contributed by atoms with Crippen LogP contribution in [-0.4, -0.2) is 30.1 Å². The van der Waals surface area contributed by atoms with Crippen LogP contribution in [0, 0.1) is 11.8 Å². The Bertz CT molecular complexity index is 244. The van der Waals surface area contributed by atoms with Gasteiger partial charge in [0.05, 0.1) is 0 Å². The van der Waals surface area contributed by atoms with E-state index in [1.165, 1.54) is 0 Å². The third-order valence-electron chi connectivity index (χ3n) is 2.67. The highest BCUT2D eigenvalue weighted by Crippen LogP contribution is 2.30. The van der Waals surface area contributed by atoms with Crippen LogP contribution < -0.4 is 11.2 Å². The molecule has 0 aromatic carbocycles. The topological polar surface area (TPSA) is 102 Å². The Balaban J connectivity index is 2.29. The zero-order valence-corrected chi connectivity index (χ0v) is 8.44. The van der Waals surface area contributed by atoms with E-state index in [2.05, 4.69) is 10.3 Å². The predicted molar refractivity (Wildman–Crippen MR) is 51.6 cm³/mol. The van der Waals surface area contributed by atoms with Crippen LogP contribution in [0.3, 0.4) is 0 Å². The first-order valence-corrected chi connectivity index (χ1v) is 4.98. The molecule has 0 bridgehead atoms. The first kappa shape index (κ1) is 11.9. The Morgan fingerprint density at radius 2 is 2.20 bits per heavy atom. The molecule has 2 atom stereocenters. The monoisotopic (exact) mass is 216 g/mol. The van der Waals surface area contributed by atoms with Gasteiger partial charge in [-0.05, 0) is 25.3 Å². The number of hydrogen-bond donors (Lipinski definition) is 3. The minimum absolute atomic E-state index is 0.135. The van der Waals surface area contributed by atoms with E-state index in [4.69, 9.17) is 10.8 Å². The molecule has 6 heteroatoms. The van der Waals surface area contributed by atoms with E-state index in [1.54, 1.807) is 0 Å². The van der Waals surface area contributed by atoms with Crippen molar-refractivity contribution in [3.8, 4) is 0 Å². The summed E-state index contributed by atoms with van der Waals surface area (Å²) in [7, 11) is 0. The van der Waals surface area contributed by atoms with Crippen molar-refractivity contribution in [2.45, 2.75) is 19.3 Å². The summed E-state index contributed by atoms with van der Waals surface area (Å²) in [5, 5.41) is 8.29. The summed E-state index contributed by atoms with van der Waals surface area (Å²) in [4.78, 5) is 26.2. The Morgan fingerprint density at radius 3 is 2.80 bits per heavy atom. The summed E-state index contributed by atoms with van der Waals surface area (Å²) in [6, 6.07) is 0. The average molecular weight is 216 g/mol. The quantitative estimate of drug-likeness (QED) is 0.537. The molecule has 15 heavy (non-hydrogen) atoms. The molecular weight excluding hydrogens is 200 g/mol. The van der Waals surface area contributed by atoms with Gasteiger partial charge in [-0.15, -0.1) is 0 Å². The molecule has 4 N–H and O–H groups in total. The van der Waals surface area contributed by atoms with E-state index >= 15 is 0 Å². The third-order valence-corrected chi connectivity index (χ3v) is 2.67. The molecule has 0 spiro atoms. The largest absolute Gasteiger partial charge is 0.479 e. The number of amides is 1. The molecule has 1 fully saturated rings. The molecule has 86 valence electrons. The average Bonchev–Trinajstić information content (AvgIpc) is 2.64. The molecule has 1 amide bonds. The van der Waals surface area contributed by atoms with E-state index in [0.29, 0.717) is 6.54 Å². The highest BCUT2D eigenvalue weighted by molar-refractivity contribution is 5.78. The summed E-state index contributed by atoms with van der Waals surface area (Å²) in [6.45, 7) is -0.0389. The zero-order valence-electron chi connectivity index (χ0n) is 8.44. The Kier molecular flexibility index (Phi) is 4.51. The van der Waals surface area contributed by atoms with E-state index in [9.17, 15) is 9.59 Å². The predicted octanol–water partition coefficient (Wildman–Crippen LogP) is -0.506. The van der Waals surface area contributed by atoms with Crippen LogP contribution >= 0.6 is 0 Å². The Morgan fingerprint density at radius 1 is 1.47 bits per heavy atom. The van der Waals surface area contributed by atoms with Crippen LogP contribution in [0.2, 0.25) is 0 Å². The number of nitrogens with one attached hydrogen (secondary N) is 1. The molecule has 0 radical (unpaired) electrons. The van der Waals surface area contributed by atoms with Crippen molar-refractivity contribution in [2.75, 3.05) is 13.2 Å². The van der Waals surface area contributed by atoms with Crippen molar-refractivity contribution < 1.29 is 19.5 Å². The molecule has 6 nitrogen and oxygen atoms in total. The standard InChI is InChI=1S/C9H16N2O4/c10-4-6-2-1-3-7(6)9(14)11-15-5-8(12)13/h6-7H,1-5,10H2,(H,11,14)(H,12,13). The highest BCUT2D eigenvalue weighted by atomic mass is 16.7. The van der Waals surface area contributed by atoms with Gasteiger partial charge < -0.3 is 10.8 Å². The highest BCUT2D eigenvalue weighted by Gasteiger charge is 2.32. The minimum Gasteiger partial charge on any atom is -0.479 e. The lowest BCUT2D eigenvalue weighted by molar-refractivity contribution is -0.151. The maximum atomic E-state index is 11.5. The lowest BCUT2D eigenvalue weighted by Gasteiger charge is -2.16. The molecular formula is C9H16N2O4. The fraction of sp³-hybridized carbons (Fsp3) is 0.778. The normalized spacial score (nSPS) is 25.1. The van der Waals surface area contributed by atoms with Gasteiger partial charge in [-0.25, -0.2) is 10.3 Å². The number of aliphatic carboxylic acids is 1. The molecule has 1 rings (SSSR count). The fourth-order valence-corrected chi connectivity index (χ4v) is 1.91. The maximum Gasteiger partial charge on any atom is 0.332 e. The zero-order chi connectivity index (χ0) is 11.3. The van der Waals surface area contributed by atoms with E-state index in [-0.39, 0.29) is 17.7 Å². The summed E-state index contributed by atoms with van der Waals surface area (Å²) in [6.07, 6.45) is 2.73. The number of nitrogens with two attached hydrogens (primary N) is 1. The van der Waals surface area contributed by atoms with Crippen LogP contribution in [0.15, 0.2) is 0 Å². The number of hydroxylamine groups is 1. The molecule has 1 saturated carbocycles. The number of carbonyl (C=O) groups excluding carboxylic acids is 1. The second-order valence-electron chi connectivity index (χ2n) is 3.68. The number of carbonyl (C=O) groups is 2. The van der Waals surface area contributed by atoms with Gasteiger partial charge >= 0.3 is 5.97 Å². The van der Waals surface area contributed by atoms with Crippen LogP contribution in [0.1, 0.15) is 19.3 Å². The molecule has 2 unspecified atom stereocenters. The molecule has 0 aliphatic heterocycles. The van der Waals surface area contributed by atoms with Crippen LogP contribution in [0.5, 0.6) is 0 Å². The minimum atomic E-state index is -1.11. The van der Waals surface area contributed by atoms with Gasteiger partial charge in [0, 0.05) is 5.92 Å². The third kappa shape index (κ3) is 3.49. The summed E-state index contributed by atoms with van der Waals surface area (Å²) in [5.41, 5.74) is 7.67. The van der Waals surface area contributed by atoms with Crippen molar-refractivity contribution >= 4 is 11.9 Å². The first-order chi connectivity index (χ1) is 7.15. The number of hydrogen-bond acceptors (Lipinski definition) is 4. The number of carboxylic acids is 1. The summed E-state index contributed by atoms with van der Waals surface area (Å²) < 4.78 is 0. The van der Waals surface area contributed by atoms with Crippen molar-refractivity contribution in [1.82, 2.24) is 5.48 Å². The Labute approximate surface area is 87.7 Å². The van der Waals surface area contributed by atoms with E-state index < -0.39 is 12.6 Å². The van der Waals surface area contributed by atoms with Gasteiger partial charge in [0.25, 0.3) is 0 Å². The smallest absolute Gasteiger partial charge is 0.332 e.